The summed E-state index contributed by atoms with van der Waals surface area (Å²) in [5.74, 6) is -2.82. The molecule has 0 N–H and O–H groups in total. The molecule has 1 aliphatic heterocycles. The largest absolute Gasteiger partial charge is 0.454 e. The summed E-state index contributed by atoms with van der Waals surface area (Å²) < 4.78 is 43.5. The number of likely N-dealkylation sites (N-methyl/N-ethyl adjacent to an activating group) is 1. The number of benzene rings is 2. The predicted octanol–water partition coefficient (Wildman–Crippen LogP) is 1.56. The first kappa shape index (κ1) is 21.4. The van der Waals surface area contributed by atoms with Crippen molar-refractivity contribution in [2.24, 2.45) is 0 Å². The molecule has 3 rings (SSSR count). The molecule has 2 aromatic rings. The van der Waals surface area contributed by atoms with Crippen LogP contribution in [0, 0.1) is 5.82 Å². The molecular formula is C20H19FN2O6S. The van der Waals surface area contributed by atoms with E-state index in [4.69, 9.17) is 4.74 Å². The fraction of sp³-hybridized carbons (Fsp3) is 0.250. The van der Waals surface area contributed by atoms with Gasteiger partial charge in [-0.15, -0.1) is 0 Å². The Morgan fingerprint density at radius 2 is 1.87 bits per heavy atom. The van der Waals surface area contributed by atoms with Crippen molar-refractivity contribution in [1.29, 1.82) is 0 Å². The zero-order chi connectivity index (χ0) is 21.9. The number of amides is 2. The van der Waals surface area contributed by atoms with E-state index in [1.165, 1.54) is 47.4 Å². The van der Waals surface area contributed by atoms with Crippen molar-refractivity contribution in [2.45, 2.75) is 18.4 Å². The summed E-state index contributed by atoms with van der Waals surface area (Å²) in [5.41, 5.74) is 0.552. The van der Waals surface area contributed by atoms with Crippen molar-refractivity contribution in [1.82, 2.24) is 9.21 Å². The zero-order valence-electron chi connectivity index (χ0n) is 16.1. The Bertz CT molecular complexity index is 1100. The molecule has 1 heterocycles. The maximum absolute atomic E-state index is 13.3. The van der Waals surface area contributed by atoms with Gasteiger partial charge in [-0.1, -0.05) is 24.3 Å². The third kappa shape index (κ3) is 4.33. The lowest BCUT2D eigenvalue weighted by Crippen LogP contribution is -2.38. The van der Waals surface area contributed by atoms with E-state index in [9.17, 15) is 27.2 Å². The highest BCUT2D eigenvalue weighted by molar-refractivity contribution is 7.90. The van der Waals surface area contributed by atoms with Crippen LogP contribution in [-0.2, 0) is 30.9 Å². The average molecular weight is 434 g/mol. The first-order valence-corrected chi connectivity index (χ1v) is 10.5. The van der Waals surface area contributed by atoms with Crippen molar-refractivity contribution in [3.8, 4) is 0 Å². The second kappa shape index (κ2) is 8.62. The number of esters is 1. The monoisotopic (exact) mass is 434 g/mol. The average Bonchev–Trinajstić information content (AvgIpc) is 2.91. The number of carbonyl (C=O) groups excluding carboxylic acids is 3. The Balaban J connectivity index is 1.59. The number of sulfonamides is 1. The van der Waals surface area contributed by atoms with E-state index in [-0.39, 0.29) is 17.0 Å². The molecule has 0 aromatic heterocycles. The number of fused-ring (bicyclic) bond motifs is 1. The van der Waals surface area contributed by atoms with Crippen LogP contribution in [0.1, 0.15) is 22.8 Å². The van der Waals surface area contributed by atoms with E-state index in [0.29, 0.717) is 16.4 Å². The van der Waals surface area contributed by atoms with Crippen LogP contribution in [0.25, 0.3) is 0 Å². The fourth-order valence-electron chi connectivity index (χ4n) is 3.02. The van der Waals surface area contributed by atoms with Crippen molar-refractivity contribution >= 4 is 27.8 Å². The van der Waals surface area contributed by atoms with Crippen molar-refractivity contribution < 1.29 is 31.9 Å². The highest BCUT2D eigenvalue weighted by Gasteiger charge is 2.42. The Hall–Kier alpha value is -3.27. The quantitative estimate of drug-likeness (QED) is 0.613. The van der Waals surface area contributed by atoms with Gasteiger partial charge in [0.25, 0.3) is 21.8 Å². The number of ether oxygens (including phenoxy) is 1. The SMILES string of the molecule is CCN(Cc1cccc(F)c1)C(=O)COC(=O)CN1C(=O)c2ccccc2S1(=O)=O. The molecule has 0 fully saturated rings. The van der Waals surface area contributed by atoms with E-state index in [1.54, 1.807) is 13.0 Å². The van der Waals surface area contributed by atoms with Gasteiger partial charge in [0.05, 0.1) is 5.56 Å². The van der Waals surface area contributed by atoms with Crippen LogP contribution >= 0.6 is 0 Å². The van der Waals surface area contributed by atoms with Gasteiger partial charge >= 0.3 is 5.97 Å². The highest BCUT2D eigenvalue weighted by Crippen LogP contribution is 2.29. The van der Waals surface area contributed by atoms with Crippen LogP contribution in [0.3, 0.4) is 0 Å². The summed E-state index contributed by atoms with van der Waals surface area (Å²) in [6.07, 6.45) is 0. The molecule has 0 saturated carbocycles. The van der Waals surface area contributed by atoms with Gasteiger partial charge in [0.15, 0.2) is 6.61 Å². The Morgan fingerprint density at radius 1 is 1.13 bits per heavy atom. The van der Waals surface area contributed by atoms with E-state index in [2.05, 4.69) is 0 Å². The van der Waals surface area contributed by atoms with E-state index in [1.807, 2.05) is 0 Å². The molecule has 0 atom stereocenters. The van der Waals surface area contributed by atoms with Crippen molar-refractivity contribution in [2.75, 3.05) is 19.7 Å². The first-order valence-electron chi connectivity index (χ1n) is 9.08. The number of nitrogens with zero attached hydrogens (tertiary/aromatic N) is 2. The van der Waals surface area contributed by atoms with Gasteiger partial charge in [0.1, 0.15) is 17.3 Å². The van der Waals surface area contributed by atoms with Crippen LogP contribution in [-0.4, -0.2) is 55.1 Å². The van der Waals surface area contributed by atoms with Gasteiger partial charge in [-0.05, 0) is 36.8 Å². The van der Waals surface area contributed by atoms with Crippen LogP contribution in [0.15, 0.2) is 53.4 Å². The lowest BCUT2D eigenvalue weighted by molar-refractivity contribution is -0.152. The Labute approximate surface area is 172 Å². The van der Waals surface area contributed by atoms with Gasteiger partial charge in [0, 0.05) is 13.1 Å². The summed E-state index contributed by atoms with van der Waals surface area (Å²) >= 11 is 0. The topological polar surface area (TPSA) is 101 Å². The Kier molecular flexibility index (Phi) is 6.16. The molecule has 1 aliphatic rings. The predicted molar refractivity (Wildman–Crippen MR) is 103 cm³/mol. The molecule has 0 aliphatic carbocycles. The minimum atomic E-state index is -4.14. The number of halogens is 1. The van der Waals surface area contributed by atoms with Gasteiger partial charge in [-0.3, -0.25) is 14.4 Å². The summed E-state index contributed by atoms with van der Waals surface area (Å²) in [6, 6.07) is 11.4. The number of hydrogen-bond donors (Lipinski definition) is 0. The minimum Gasteiger partial charge on any atom is -0.454 e. The molecular weight excluding hydrogens is 415 g/mol. The molecule has 30 heavy (non-hydrogen) atoms. The van der Waals surface area contributed by atoms with E-state index < -0.39 is 46.8 Å². The molecule has 2 amide bonds. The van der Waals surface area contributed by atoms with E-state index in [0.717, 1.165) is 0 Å². The number of rotatable bonds is 7. The molecule has 158 valence electrons. The summed E-state index contributed by atoms with van der Waals surface area (Å²) in [6.45, 7) is 0.669. The lowest BCUT2D eigenvalue weighted by atomic mass is 10.2. The summed E-state index contributed by atoms with van der Waals surface area (Å²) in [5, 5.41) is 0. The van der Waals surface area contributed by atoms with E-state index >= 15 is 0 Å². The fourth-order valence-corrected chi connectivity index (χ4v) is 4.53. The van der Waals surface area contributed by atoms with Gasteiger partial charge < -0.3 is 9.64 Å². The van der Waals surface area contributed by atoms with Crippen LogP contribution in [0.2, 0.25) is 0 Å². The maximum atomic E-state index is 13.3. The number of hydrogen-bond acceptors (Lipinski definition) is 6. The highest BCUT2D eigenvalue weighted by atomic mass is 32.2. The van der Waals surface area contributed by atoms with Crippen molar-refractivity contribution in [3.63, 3.8) is 0 Å². The molecule has 10 heteroatoms. The van der Waals surface area contributed by atoms with Gasteiger partial charge in [0.2, 0.25) is 0 Å². The molecule has 0 radical (unpaired) electrons. The molecule has 0 unspecified atom stereocenters. The molecule has 0 saturated heterocycles. The third-order valence-corrected chi connectivity index (χ3v) is 6.33. The Morgan fingerprint density at radius 3 is 2.53 bits per heavy atom. The molecule has 8 nitrogen and oxygen atoms in total. The summed E-state index contributed by atoms with van der Waals surface area (Å²) in [4.78, 5) is 37.9. The van der Waals surface area contributed by atoms with Crippen LogP contribution in [0.5, 0.6) is 0 Å². The van der Waals surface area contributed by atoms with Gasteiger partial charge in [-0.2, -0.15) is 0 Å². The maximum Gasteiger partial charge on any atom is 0.327 e. The summed E-state index contributed by atoms with van der Waals surface area (Å²) in [7, 11) is -4.14. The smallest absolute Gasteiger partial charge is 0.327 e. The second-order valence-corrected chi connectivity index (χ2v) is 8.34. The van der Waals surface area contributed by atoms with Crippen LogP contribution < -0.4 is 0 Å². The molecule has 2 aromatic carbocycles. The zero-order valence-corrected chi connectivity index (χ0v) is 16.9. The number of carbonyl (C=O) groups is 3. The van der Waals surface area contributed by atoms with Crippen molar-refractivity contribution in [3.05, 3.63) is 65.5 Å². The van der Waals surface area contributed by atoms with Crippen LogP contribution in [0.4, 0.5) is 4.39 Å². The molecule has 0 bridgehead atoms. The molecule has 0 spiro atoms. The third-order valence-electron chi connectivity index (χ3n) is 4.54. The second-order valence-electron chi connectivity index (χ2n) is 6.51. The minimum absolute atomic E-state index is 0.0198. The standard InChI is InChI=1S/C20H19FN2O6S/c1-2-22(11-14-6-5-7-15(21)10-14)18(24)13-29-19(25)12-23-20(26)16-8-3-4-9-17(16)30(23,27)28/h3-10H,2,11-13H2,1H3. The lowest BCUT2D eigenvalue weighted by Gasteiger charge is -2.21. The van der Waals surface area contributed by atoms with Gasteiger partial charge in [-0.25, -0.2) is 17.1 Å². The normalized spacial score (nSPS) is 14.3. The first-order chi connectivity index (χ1) is 14.2.